The van der Waals surface area contributed by atoms with E-state index in [9.17, 15) is 18.0 Å². The first kappa shape index (κ1) is 15.6. The highest BCUT2D eigenvalue weighted by molar-refractivity contribution is 7.85. The summed E-state index contributed by atoms with van der Waals surface area (Å²) in [4.78, 5) is 24.9. The molecule has 0 aromatic carbocycles. The Morgan fingerprint density at radius 2 is 2.05 bits per heavy atom. The van der Waals surface area contributed by atoms with Gasteiger partial charge in [0.2, 0.25) is 0 Å². The molecule has 6 nitrogen and oxygen atoms in total. The van der Waals surface area contributed by atoms with Crippen molar-refractivity contribution in [2.45, 2.75) is 26.7 Å². The van der Waals surface area contributed by atoms with E-state index < -0.39 is 21.5 Å². The minimum atomic E-state index is -3.76. The van der Waals surface area contributed by atoms with Crippen LogP contribution in [0.2, 0.25) is 0 Å². The van der Waals surface area contributed by atoms with Crippen molar-refractivity contribution in [3.05, 3.63) is 23.8 Å². The lowest BCUT2D eigenvalue weighted by atomic mass is 9.58. The molecule has 114 valence electrons. The van der Waals surface area contributed by atoms with Crippen molar-refractivity contribution in [3.63, 3.8) is 0 Å². The minimum Gasteiger partial charge on any atom is -0.294 e. The summed E-state index contributed by atoms with van der Waals surface area (Å²) in [5.41, 5.74) is -0.493. The summed E-state index contributed by atoms with van der Waals surface area (Å²) < 4.78 is 26.6. The third-order valence-corrected chi connectivity index (χ3v) is 4.37. The molecule has 0 aromatic rings. The SMILES string of the molecule is CC1=CC(=O)[C@@]2(/C(C)=N/OS(C)(=O)=O)CC=CC[C@H]2C1=O. The fourth-order valence-corrected chi connectivity index (χ4v) is 3.15. The van der Waals surface area contributed by atoms with Gasteiger partial charge in [-0.15, -0.1) is 0 Å². The third-order valence-electron chi connectivity index (χ3n) is 4.02. The Balaban J connectivity index is 2.52. The Kier molecular flexibility index (Phi) is 3.88. The molecule has 21 heavy (non-hydrogen) atoms. The number of carbonyl (C=O) groups is 2. The van der Waals surface area contributed by atoms with Gasteiger partial charge in [0.05, 0.1) is 17.4 Å². The minimum absolute atomic E-state index is 0.104. The molecule has 0 saturated heterocycles. The van der Waals surface area contributed by atoms with Crippen LogP contribution in [0.4, 0.5) is 0 Å². The molecule has 0 bridgehead atoms. The number of allylic oxidation sites excluding steroid dienone is 4. The molecular formula is C14H17NO5S. The zero-order chi connectivity index (χ0) is 15.8. The number of Topliss-reactive ketones (excluding diaryl/α,β-unsaturated/α-hetero) is 1. The van der Waals surface area contributed by atoms with Crippen LogP contribution in [0, 0.1) is 11.3 Å². The van der Waals surface area contributed by atoms with Gasteiger partial charge in [0.25, 0.3) is 0 Å². The second-order valence-electron chi connectivity index (χ2n) is 5.45. The number of hydrogen-bond acceptors (Lipinski definition) is 6. The van der Waals surface area contributed by atoms with Gasteiger partial charge in [-0.25, -0.2) is 0 Å². The molecule has 0 aromatic heterocycles. The van der Waals surface area contributed by atoms with Crippen molar-refractivity contribution < 1.29 is 22.3 Å². The summed E-state index contributed by atoms with van der Waals surface area (Å²) in [5.74, 6) is -0.882. The van der Waals surface area contributed by atoms with E-state index in [1.807, 2.05) is 12.2 Å². The molecule has 2 rings (SSSR count). The molecule has 0 fully saturated rings. The van der Waals surface area contributed by atoms with E-state index in [0.29, 0.717) is 18.4 Å². The lowest BCUT2D eigenvalue weighted by Gasteiger charge is -2.41. The Bertz CT molecular complexity index is 686. The second-order valence-corrected chi connectivity index (χ2v) is 7.00. The Morgan fingerprint density at radius 3 is 2.67 bits per heavy atom. The standard InChI is InChI=1S/C14H17NO5S/c1-9-8-12(16)14(10(2)15-20-21(3,18)19)7-5-4-6-11(14)13(9)17/h4-5,8,11H,6-7H2,1-3H3/b15-10+/t11-,14+/m0/s1. The highest BCUT2D eigenvalue weighted by Gasteiger charge is 2.53. The predicted molar refractivity (Wildman–Crippen MR) is 77.1 cm³/mol. The zero-order valence-corrected chi connectivity index (χ0v) is 12.9. The molecule has 2 aliphatic carbocycles. The molecule has 0 aliphatic heterocycles. The van der Waals surface area contributed by atoms with E-state index >= 15 is 0 Å². The Labute approximate surface area is 123 Å². The number of oxime groups is 1. The normalized spacial score (nSPS) is 30.0. The second kappa shape index (κ2) is 5.22. The molecule has 0 radical (unpaired) electrons. The van der Waals surface area contributed by atoms with Gasteiger partial charge in [0.15, 0.2) is 11.6 Å². The first-order valence-corrected chi connectivity index (χ1v) is 8.36. The molecular weight excluding hydrogens is 294 g/mol. The number of nitrogens with zero attached hydrogens (tertiary/aromatic N) is 1. The fraction of sp³-hybridized carbons (Fsp3) is 0.500. The van der Waals surface area contributed by atoms with Crippen molar-refractivity contribution in [2.24, 2.45) is 16.5 Å². The molecule has 2 aliphatic rings. The van der Waals surface area contributed by atoms with E-state index in [4.69, 9.17) is 0 Å². The maximum atomic E-state index is 12.5. The third kappa shape index (κ3) is 2.70. The summed E-state index contributed by atoms with van der Waals surface area (Å²) in [6.07, 6.45) is 6.61. The predicted octanol–water partition coefficient (Wildman–Crippen LogP) is 1.39. The number of carbonyl (C=O) groups excluding carboxylic acids is 2. The molecule has 0 amide bonds. The first-order chi connectivity index (χ1) is 9.68. The monoisotopic (exact) mass is 311 g/mol. The summed E-state index contributed by atoms with van der Waals surface area (Å²) in [6, 6.07) is 0. The topological polar surface area (TPSA) is 89.9 Å². The summed E-state index contributed by atoms with van der Waals surface area (Å²) in [5, 5.41) is 3.60. The number of fused-ring (bicyclic) bond motifs is 1. The number of ketones is 2. The van der Waals surface area contributed by atoms with Gasteiger partial charge in [-0.3, -0.25) is 13.9 Å². The van der Waals surface area contributed by atoms with Crippen LogP contribution in [0.5, 0.6) is 0 Å². The van der Waals surface area contributed by atoms with Crippen molar-refractivity contribution in [1.29, 1.82) is 0 Å². The van der Waals surface area contributed by atoms with E-state index in [0.717, 1.165) is 6.26 Å². The van der Waals surface area contributed by atoms with Crippen LogP contribution < -0.4 is 0 Å². The maximum Gasteiger partial charge on any atom is 0.325 e. The quantitative estimate of drug-likeness (QED) is 0.446. The van der Waals surface area contributed by atoms with Gasteiger partial charge in [0.1, 0.15) is 0 Å². The van der Waals surface area contributed by atoms with Gasteiger partial charge in [-0.1, -0.05) is 17.3 Å². The van der Waals surface area contributed by atoms with Crippen LogP contribution in [-0.4, -0.2) is 32.0 Å². The van der Waals surface area contributed by atoms with Gasteiger partial charge in [-0.2, -0.15) is 8.42 Å². The molecule has 0 heterocycles. The van der Waals surface area contributed by atoms with E-state index in [-0.39, 0.29) is 17.3 Å². The Morgan fingerprint density at radius 1 is 1.38 bits per heavy atom. The van der Waals surface area contributed by atoms with E-state index in [2.05, 4.69) is 9.44 Å². The van der Waals surface area contributed by atoms with Crippen LogP contribution in [0.1, 0.15) is 26.7 Å². The molecule has 2 atom stereocenters. The van der Waals surface area contributed by atoms with Crippen molar-refractivity contribution in [1.82, 2.24) is 0 Å². The van der Waals surface area contributed by atoms with Crippen LogP contribution >= 0.6 is 0 Å². The fourth-order valence-electron chi connectivity index (χ4n) is 2.90. The van der Waals surface area contributed by atoms with Crippen molar-refractivity contribution in [2.75, 3.05) is 6.26 Å². The smallest absolute Gasteiger partial charge is 0.294 e. The molecule has 0 saturated carbocycles. The van der Waals surface area contributed by atoms with Crippen LogP contribution in [0.25, 0.3) is 0 Å². The highest BCUT2D eigenvalue weighted by atomic mass is 32.2. The molecule has 0 unspecified atom stereocenters. The van der Waals surface area contributed by atoms with Gasteiger partial charge < -0.3 is 0 Å². The highest BCUT2D eigenvalue weighted by Crippen LogP contribution is 2.45. The number of rotatable bonds is 3. The van der Waals surface area contributed by atoms with Crippen LogP contribution in [0.15, 0.2) is 29.0 Å². The summed E-state index contributed by atoms with van der Waals surface area (Å²) in [7, 11) is -3.76. The van der Waals surface area contributed by atoms with Gasteiger partial charge >= 0.3 is 10.1 Å². The summed E-state index contributed by atoms with van der Waals surface area (Å²) in [6.45, 7) is 3.14. The van der Waals surface area contributed by atoms with E-state index in [1.54, 1.807) is 6.92 Å². The van der Waals surface area contributed by atoms with E-state index in [1.165, 1.54) is 13.0 Å². The first-order valence-electron chi connectivity index (χ1n) is 6.54. The van der Waals surface area contributed by atoms with Crippen LogP contribution in [-0.2, 0) is 24.0 Å². The molecule has 0 spiro atoms. The lowest BCUT2D eigenvalue weighted by molar-refractivity contribution is -0.133. The van der Waals surface area contributed by atoms with Crippen molar-refractivity contribution in [3.8, 4) is 0 Å². The maximum absolute atomic E-state index is 12.5. The Hall–Kier alpha value is -1.76. The number of hydrogen-bond donors (Lipinski definition) is 0. The largest absolute Gasteiger partial charge is 0.325 e. The van der Waals surface area contributed by atoms with Gasteiger partial charge in [-0.05, 0) is 38.3 Å². The summed E-state index contributed by atoms with van der Waals surface area (Å²) >= 11 is 0. The molecule has 7 heteroatoms. The lowest BCUT2D eigenvalue weighted by Crippen LogP contribution is -2.51. The average molecular weight is 311 g/mol. The average Bonchev–Trinajstić information content (AvgIpc) is 2.41. The van der Waals surface area contributed by atoms with Gasteiger partial charge in [0, 0.05) is 5.92 Å². The van der Waals surface area contributed by atoms with Crippen LogP contribution in [0.3, 0.4) is 0 Å². The van der Waals surface area contributed by atoms with Crippen molar-refractivity contribution >= 4 is 27.4 Å². The molecule has 0 N–H and O–H groups in total. The zero-order valence-electron chi connectivity index (χ0n) is 12.1.